The zero-order chi connectivity index (χ0) is 23.0. The van der Waals surface area contributed by atoms with Crippen molar-refractivity contribution in [1.29, 1.82) is 0 Å². The number of benzene rings is 3. The van der Waals surface area contributed by atoms with Gasteiger partial charge in [-0.3, -0.25) is 4.98 Å². The lowest BCUT2D eigenvalue weighted by atomic mass is 9.89. The first-order valence-corrected chi connectivity index (χ1v) is 11.7. The largest absolute Gasteiger partial charge is 0.495 e. The van der Waals surface area contributed by atoms with Crippen LogP contribution < -0.4 is 15.4 Å². The van der Waals surface area contributed by atoms with Crippen LogP contribution >= 0.6 is 0 Å². The van der Waals surface area contributed by atoms with Gasteiger partial charge in [-0.15, -0.1) is 0 Å². The van der Waals surface area contributed by atoms with Crippen molar-refractivity contribution in [2.24, 2.45) is 0 Å². The number of anilines is 1. The van der Waals surface area contributed by atoms with Gasteiger partial charge >= 0.3 is 6.03 Å². The maximum atomic E-state index is 13.0. The molecule has 0 spiro atoms. The van der Waals surface area contributed by atoms with Crippen LogP contribution in [0.3, 0.4) is 0 Å². The second-order valence-electron chi connectivity index (χ2n) is 8.31. The summed E-state index contributed by atoms with van der Waals surface area (Å²) in [5, 5.41) is 9.44. The van der Waals surface area contributed by atoms with Crippen molar-refractivity contribution in [3.05, 3.63) is 78.5 Å². The van der Waals surface area contributed by atoms with E-state index in [1.807, 2.05) is 24.3 Å². The van der Waals surface area contributed by atoms with Gasteiger partial charge in [0.15, 0.2) is 0 Å². The highest BCUT2D eigenvalue weighted by Crippen LogP contribution is 2.32. The fourth-order valence-electron chi connectivity index (χ4n) is 4.42. The number of pyridine rings is 1. The molecule has 5 nitrogen and oxygen atoms in total. The number of unbranched alkanes of at least 4 members (excludes halogenated alkanes) is 2. The molecule has 0 saturated carbocycles. The first-order valence-electron chi connectivity index (χ1n) is 11.7. The highest BCUT2D eigenvalue weighted by molar-refractivity contribution is 6.03. The number of hydrogen-bond acceptors (Lipinski definition) is 3. The normalized spacial score (nSPS) is 11.9. The Bertz CT molecular complexity index is 1230. The Kier molecular flexibility index (Phi) is 7.40. The number of hydrogen-bond donors (Lipinski definition) is 2. The number of amides is 2. The number of aromatic nitrogens is 1. The van der Waals surface area contributed by atoms with Gasteiger partial charge in [-0.1, -0.05) is 68.7 Å². The van der Waals surface area contributed by atoms with Crippen molar-refractivity contribution in [3.8, 4) is 5.75 Å². The molecule has 1 atom stereocenters. The van der Waals surface area contributed by atoms with E-state index in [1.165, 1.54) is 29.2 Å². The lowest BCUT2D eigenvalue weighted by Crippen LogP contribution is -2.32. The number of fused-ring (bicyclic) bond motifs is 2. The summed E-state index contributed by atoms with van der Waals surface area (Å²) in [7, 11) is 1.60. The van der Waals surface area contributed by atoms with E-state index in [0.29, 0.717) is 18.0 Å². The predicted molar refractivity (Wildman–Crippen MR) is 136 cm³/mol. The van der Waals surface area contributed by atoms with Crippen molar-refractivity contribution in [2.45, 2.75) is 38.5 Å². The minimum atomic E-state index is -0.245. The van der Waals surface area contributed by atoms with Crippen LogP contribution in [0.25, 0.3) is 21.7 Å². The van der Waals surface area contributed by atoms with Crippen molar-refractivity contribution < 1.29 is 9.53 Å². The first kappa shape index (κ1) is 22.6. The monoisotopic (exact) mass is 441 g/mol. The topological polar surface area (TPSA) is 63.2 Å². The van der Waals surface area contributed by atoms with Crippen LogP contribution in [-0.4, -0.2) is 24.7 Å². The summed E-state index contributed by atoms with van der Waals surface area (Å²) in [6.07, 6.45) is 6.27. The third kappa shape index (κ3) is 5.25. The predicted octanol–water partition coefficient (Wildman–Crippen LogP) is 6.88. The lowest BCUT2D eigenvalue weighted by Gasteiger charge is -2.21. The minimum absolute atomic E-state index is 0.240. The Morgan fingerprint density at radius 3 is 2.64 bits per heavy atom. The summed E-state index contributed by atoms with van der Waals surface area (Å²) < 4.78 is 5.49. The summed E-state index contributed by atoms with van der Waals surface area (Å²) in [6.45, 7) is 2.78. The highest BCUT2D eigenvalue weighted by Gasteiger charge is 2.17. The Hall–Kier alpha value is -3.60. The standard InChI is InChI=1S/C28H31N3O2/c1-3-4-5-11-21(23-14-8-12-20-10-6-7-13-22(20)23)19-30-28(32)31-27-24-15-9-18-29-25(24)16-17-26(27)33-2/h6-10,12-18,21H,3-5,11,19H2,1-2H3,(H2,30,31,32). The molecule has 1 aromatic heterocycles. The Labute approximate surface area is 195 Å². The van der Waals surface area contributed by atoms with Gasteiger partial charge in [0, 0.05) is 24.0 Å². The van der Waals surface area contributed by atoms with Crippen molar-refractivity contribution in [1.82, 2.24) is 10.3 Å². The molecule has 0 fully saturated rings. The van der Waals surface area contributed by atoms with Crippen LogP contribution in [0.1, 0.15) is 44.1 Å². The Morgan fingerprint density at radius 1 is 0.970 bits per heavy atom. The average Bonchev–Trinajstić information content (AvgIpc) is 2.86. The van der Waals surface area contributed by atoms with Crippen molar-refractivity contribution >= 4 is 33.4 Å². The first-order chi connectivity index (χ1) is 16.2. The molecule has 0 bridgehead atoms. The fraction of sp³-hybridized carbons (Fsp3) is 0.286. The van der Waals surface area contributed by atoms with Gasteiger partial charge in [-0.05, 0) is 47.0 Å². The molecule has 0 aliphatic heterocycles. The van der Waals surface area contributed by atoms with Gasteiger partial charge < -0.3 is 15.4 Å². The quantitative estimate of drug-likeness (QED) is 0.278. The zero-order valence-electron chi connectivity index (χ0n) is 19.3. The number of carbonyl (C=O) groups excluding carboxylic acids is 1. The smallest absolute Gasteiger partial charge is 0.319 e. The summed E-state index contributed by atoms with van der Waals surface area (Å²) in [5.74, 6) is 0.851. The van der Waals surface area contributed by atoms with Gasteiger partial charge in [0.25, 0.3) is 0 Å². The SMILES string of the molecule is CCCCCC(CNC(=O)Nc1c(OC)ccc2ncccc12)c1cccc2ccccc12. The van der Waals surface area contributed by atoms with Crippen molar-refractivity contribution in [2.75, 3.05) is 19.0 Å². The van der Waals surface area contributed by atoms with Crippen LogP contribution in [0, 0.1) is 0 Å². The molecule has 1 unspecified atom stereocenters. The number of nitrogens with one attached hydrogen (secondary N) is 2. The lowest BCUT2D eigenvalue weighted by molar-refractivity contribution is 0.251. The third-order valence-corrected chi connectivity index (χ3v) is 6.13. The maximum absolute atomic E-state index is 13.0. The second kappa shape index (κ2) is 10.8. The molecule has 2 N–H and O–H groups in total. The van der Waals surface area contributed by atoms with E-state index in [-0.39, 0.29) is 11.9 Å². The van der Waals surface area contributed by atoms with Crippen LogP contribution in [0.4, 0.5) is 10.5 Å². The van der Waals surface area contributed by atoms with Gasteiger partial charge in [-0.2, -0.15) is 0 Å². The minimum Gasteiger partial charge on any atom is -0.495 e. The van der Waals surface area contributed by atoms with Crippen molar-refractivity contribution in [3.63, 3.8) is 0 Å². The molecule has 3 aromatic carbocycles. The molecule has 170 valence electrons. The molecule has 0 saturated heterocycles. The number of rotatable bonds is 9. The molecule has 0 aliphatic carbocycles. The van der Waals surface area contributed by atoms with E-state index >= 15 is 0 Å². The number of ether oxygens (including phenoxy) is 1. The zero-order valence-corrected chi connectivity index (χ0v) is 19.3. The molecule has 2 amide bonds. The highest BCUT2D eigenvalue weighted by atomic mass is 16.5. The fourth-order valence-corrected chi connectivity index (χ4v) is 4.42. The summed E-state index contributed by atoms with van der Waals surface area (Å²) in [4.78, 5) is 17.3. The van der Waals surface area contributed by atoms with Gasteiger partial charge in [0.1, 0.15) is 5.75 Å². The molecular formula is C28H31N3O2. The molecule has 33 heavy (non-hydrogen) atoms. The van der Waals surface area contributed by atoms with Crippen LogP contribution in [0.15, 0.2) is 72.9 Å². The van der Waals surface area contributed by atoms with Gasteiger partial charge in [-0.25, -0.2) is 4.79 Å². The molecule has 1 heterocycles. The van der Waals surface area contributed by atoms with E-state index < -0.39 is 0 Å². The summed E-state index contributed by atoms with van der Waals surface area (Å²) in [6, 6.07) is 22.2. The van der Waals surface area contributed by atoms with E-state index in [1.54, 1.807) is 13.3 Å². The molecule has 5 heteroatoms. The molecular weight excluding hydrogens is 410 g/mol. The molecule has 4 aromatic rings. The Morgan fingerprint density at radius 2 is 1.79 bits per heavy atom. The molecule has 4 rings (SSSR count). The van der Waals surface area contributed by atoms with Crippen LogP contribution in [-0.2, 0) is 0 Å². The second-order valence-corrected chi connectivity index (χ2v) is 8.31. The third-order valence-electron chi connectivity index (χ3n) is 6.13. The number of carbonyl (C=O) groups is 1. The van der Waals surface area contributed by atoms with Crippen LogP contribution in [0.2, 0.25) is 0 Å². The summed E-state index contributed by atoms with van der Waals surface area (Å²) in [5.41, 5.74) is 2.73. The van der Waals surface area contributed by atoms with Crippen LogP contribution in [0.5, 0.6) is 5.75 Å². The summed E-state index contributed by atoms with van der Waals surface area (Å²) >= 11 is 0. The van der Waals surface area contributed by atoms with E-state index in [2.05, 4.69) is 65.0 Å². The number of nitrogens with zero attached hydrogens (tertiary/aromatic N) is 1. The van der Waals surface area contributed by atoms with E-state index in [4.69, 9.17) is 4.74 Å². The number of urea groups is 1. The maximum Gasteiger partial charge on any atom is 0.319 e. The van der Waals surface area contributed by atoms with E-state index in [9.17, 15) is 4.79 Å². The van der Waals surface area contributed by atoms with Gasteiger partial charge in [0.05, 0.1) is 18.3 Å². The number of methoxy groups -OCH3 is 1. The average molecular weight is 442 g/mol. The molecule has 0 radical (unpaired) electrons. The van der Waals surface area contributed by atoms with E-state index in [0.717, 1.165) is 23.7 Å². The Balaban J connectivity index is 1.54. The van der Waals surface area contributed by atoms with Gasteiger partial charge in [0.2, 0.25) is 0 Å². The molecule has 0 aliphatic rings.